The highest BCUT2D eigenvalue weighted by atomic mass is 35.5. The van der Waals surface area contributed by atoms with Gasteiger partial charge in [0.05, 0.1) is 25.3 Å². The van der Waals surface area contributed by atoms with Gasteiger partial charge in [0, 0.05) is 33.4 Å². The number of esters is 1. The first-order chi connectivity index (χ1) is 21.9. The van der Waals surface area contributed by atoms with Crippen LogP contribution < -0.4 is 15.0 Å². The average Bonchev–Trinajstić information content (AvgIpc) is 3.70. The molecule has 14 heteroatoms. The Hall–Kier alpha value is -3.65. The van der Waals surface area contributed by atoms with Gasteiger partial charge in [0.2, 0.25) is 11.8 Å². The van der Waals surface area contributed by atoms with Crippen LogP contribution in [0.3, 0.4) is 0 Å². The number of ether oxygens (including phenoxy) is 4. The number of hydrogen-bond donors (Lipinski definition) is 3. The molecule has 13 nitrogen and oxygen atoms in total. The molecule has 2 fully saturated rings. The molecule has 0 unspecified atom stereocenters. The fraction of sp³-hybridized carbons (Fsp3) is 0.576. The lowest BCUT2D eigenvalue weighted by Crippen LogP contribution is -2.63. The number of halogens is 1. The lowest BCUT2D eigenvalue weighted by Gasteiger charge is -2.41. The zero-order valence-corrected chi connectivity index (χ0v) is 28.7. The quantitative estimate of drug-likeness (QED) is 0.318. The molecule has 3 aliphatic heterocycles. The van der Waals surface area contributed by atoms with Crippen LogP contribution in [0.25, 0.3) is 0 Å². The molecule has 3 amide bonds. The number of likely N-dealkylation sites (N-methyl/N-ethyl adjacent to an activating group) is 1. The van der Waals surface area contributed by atoms with Crippen LogP contribution in [-0.4, -0.2) is 102 Å². The topological polar surface area (TPSA) is 167 Å². The molecule has 0 aromatic heterocycles. The van der Waals surface area contributed by atoms with E-state index in [1.165, 1.54) is 43.9 Å². The van der Waals surface area contributed by atoms with Crippen molar-refractivity contribution in [3.8, 4) is 5.75 Å². The van der Waals surface area contributed by atoms with Crippen molar-refractivity contribution in [2.45, 2.75) is 95.7 Å². The summed E-state index contributed by atoms with van der Waals surface area (Å²) in [5.74, 6) is -1.76. The summed E-state index contributed by atoms with van der Waals surface area (Å²) in [5.41, 5.74) is -1.25. The molecule has 8 atom stereocenters. The van der Waals surface area contributed by atoms with Crippen molar-refractivity contribution in [2.24, 2.45) is 5.92 Å². The third kappa shape index (κ3) is 7.58. The Morgan fingerprint density at radius 1 is 1.28 bits per heavy atom. The molecule has 1 aromatic carbocycles. The van der Waals surface area contributed by atoms with Gasteiger partial charge in [-0.25, -0.2) is 9.59 Å². The monoisotopic (exact) mass is 677 g/mol. The number of benzene rings is 1. The zero-order valence-electron chi connectivity index (χ0n) is 27.9. The normalized spacial score (nSPS) is 33.6. The number of amides is 3. The fourth-order valence-corrected chi connectivity index (χ4v) is 6.33. The Morgan fingerprint density at radius 2 is 1.96 bits per heavy atom. The number of nitrogens with zero attached hydrogens (tertiary/aromatic N) is 2. The molecular formula is C33H44ClN3O10. The molecule has 47 heavy (non-hydrogen) atoms. The summed E-state index contributed by atoms with van der Waals surface area (Å²) in [5, 5.41) is 24.8. The number of allylic oxidation sites excluding steroid dienone is 3. The Morgan fingerprint density at radius 3 is 2.60 bits per heavy atom. The highest BCUT2D eigenvalue weighted by Crippen LogP contribution is 2.49. The van der Waals surface area contributed by atoms with Gasteiger partial charge in [-0.2, -0.15) is 0 Å². The summed E-state index contributed by atoms with van der Waals surface area (Å²) < 4.78 is 23.1. The number of fused-ring (bicyclic) bond motifs is 5. The van der Waals surface area contributed by atoms with E-state index in [9.17, 15) is 29.4 Å². The number of nitrogens with one attached hydrogen (secondary N) is 1. The summed E-state index contributed by atoms with van der Waals surface area (Å²) >= 11 is 6.68. The maximum atomic E-state index is 13.9. The summed E-state index contributed by atoms with van der Waals surface area (Å²) in [6, 6.07) is 2.56. The first-order valence-electron chi connectivity index (χ1n) is 15.4. The predicted octanol–water partition coefficient (Wildman–Crippen LogP) is 2.88. The first-order valence-corrected chi connectivity index (χ1v) is 15.8. The maximum Gasteiger partial charge on any atom is 0.409 e. The number of aliphatic hydroxyl groups excluding tert-OH is 1. The van der Waals surface area contributed by atoms with Gasteiger partial charge >= 0.3 is 12.1 Å². The van der Waals surface area contributed by atoms with Gasteiger partial charge in [0.15, 0.2) is 5.72 Å². The van der Waals surface area contributed by atoms with Crippen molar-refractivity contribution >= 4 is 41.2 Å². The SMILES string of the molecule is COc1cc2cc(c1Cl)N(C)C(=O)C[C@H](OC(=O)[C@H](C)N(C)C(C)=O)[C@]1(C)O[C@H]1[C@H](C)[C@@H]1C[C@@](O)(NC(=O)O1)[C@H](O)/C=C/C=C(\C)C2. The minimum absolute atomic E-state index is 0.180. The van der Waals surface area contributed by atoms with Crippen LogP contribution in [0.15, 0.2) is 35.9 Å². The summed E-state index contributed by atoms with van der Waals surface area (Å²) in [6.07, 6.45) is -0.505. The van der Waals surface area contributed by atoms with Gasteiger partial charge in [0.1, 0.15) is 40.7 Å². The van der Waals surface area contributed by atoms with E-state index in [0.29, 0.717) is 17.9 Å². The Kier molecular flexibility index (Phi) is 10.7. The molecule has 0 spiro atoms. The minimum atomic E-state index is -2.05. The third-order valence-electron chi connectivity index (χ3n) is 9.40. The van der Waals surface area contributed by atoms with E-state index in [0.717, 1.165) is 11.1 Å². The number of anilines is 1. The molecule has 0 radical (unpaired) electrons. The van der Waals surface area contributed by atoms with Crippen molar-refractivity contribution in [3.05, 3.63) is 46.5 Å². The number of carbonyl (C=O) groups is 4. The first kappa shape index (κ1) is 36.2. The number of carbonyl (C=O) groups excluding carboxylic acids is 4. The second kappa shape index (κ2) is 13.8. The summed E-state index contributed by atoms with van der Waals surface area (Å²) in [6.45, 7) is 8.13. The van der Waals surface area contributed by atoms with Gasteiger partial charge < -0.3 is 39.0 Å². The van der Waals surface area contributed by atoms with Crippen LogP contribution in [0, 0.1) is 5.92 Å². The molecule has 258 valence electrons. The van der Waals surface area contributed by atoms with Gasteiger partial charge in [-0.15, -0.1) is 0 Å². The summed E-state index contributed by atoms with van der Waals surface area (Å²) in [7, 11) is 4.49. The molecule has 3 heterocycles. The van der Waals surface area contributed by atoms with Crippen LogP contribution in [-0.2, 0) is 35.0 Å². The van der Waals surface area contributed by atoms with Crippen molar-refractivity contribution in [3.63, 3.8) is 0 Å². The lowest BCUT2D eigenvalue weighted by atomic mass is 9.83. The van der Waals surface area contributed by atoms with Crippen molar-refractivity contribution in [1.82, 2.24) is 10.2 Å². The van der Waals surface area contributed by atoms with E-state index < -0.39 is 65.7 Å². The van der Waals surface area contributed by atoms with Crippen LogP contribution in [0.2, 0.25) is 5.02 Å². The number of hydrogen-bond acceptors (Lipinski definition) is 10. The summed E-state index contributed by atoms with van der Waals surface area (Å²) in [4.78, 5) is 54.4. The molecule has 2 saturated heterocycles. The highest BCUT2D eigenvalue weighted by Gasteiger charge is 2.64. The molecule has 3 N–H and O–H groups in total. The van der Waals surface area contributed by atoms with Gasteiger partial charge in [0.25, 0.3) is 0 Å². The van der Waals surface area contributed by atoms with Crippen molar-refractivity contribution in [1.29, 1.82) is 0 Å². The number of alkyl carbamates (subject to hydrolysis) is 1. The largest absolute Gasteiger partial charge is 0.495 e. The Bertz CT molecular complexity index is 1480. The minimum Gasteiger partial charge on any atom is -0.495 e. The van der Waals surface area contributed by atoms with Crippen molar-refractivity contribution in [2.75, 3.05) is 26.1 Å². The van der Waals surface area contributed by atoms with E-state index in [1.54, 1.807) is 45.2 Å². The molecule has 4 rings (SSSR count). The van der Waals surface area contributed by atoms with Crippen molar-refractivity contribution < 1.29 is 48.3 Å². The number of methoxy groups -OCH3 is 1. The molecule has 0 saturated carbocycles. The van der Waals surface area contributed by atoms with Crippen LogP contribution in [0.4, 0.5) is 10.5 Å². The van der Waals surface area contributed by atoms with Gasteiger partial charge in [-0.3, -0.25) is 14.9 Å². The molecule has 0 aliphatic carbocycles. The number of epoxide rings is 1. The van der Waals surface area contributed by atoms with E-state index in [2.05, 4.69) is 5.32 Å². The van der Waals surface area contributed by atoms with Crippen LogP contribution in [0.5, 0.6) is 5.75 Å². The van der Waals surface area contributed by atoms with Gasteiger partial charge in [-0.05, 0) is 44.9 Å². The molecular weight excluding hydrogens is 634 g/mol. The Labute approximate surface area is 279 Å². The van der Waals surface area contributed by atoms with E-state index >= 15 is 0 Å². The molecule has 1 aromatic rings. The second-order valence-electron chi connectivity index (χ2n) is 12.8. The maximum absolute atomic E-state index is 13.9. The highest BCUT2D eigenvalue weighted by molar-refractivity contribution is 6.35. The third-order valence-corrected chi connectivity index (χ3v) is 9.78. The zero-order chi connectivity index (χ0) is 35.0. The standard InChI is InChI=1S/C33H44ClN3O10/c1-17-10-9-11-25(39)33(43)16-24(45-31(42)35-33)18(2)29-32(5,47-29)26(46-30(41)19(3)36(6)20(4)38)15-27(40)37(7)22-13-21(12-17)14-23(44-8)28(22)34/h9-11,13-14,18-19,24-26,29,39,43H,12,15-16H2,1-8H3,(H,35,42)/b11-9+,17-10+/t18-,19+,24+,25-,26+,29+,32+,33+/m1/s1. The fourth-order valence-electron chi connectivity index (χ4n) is 6.01. The number of rotatable bonds is 4. The molecule has 3 aliphatic rings. The average molecular weight is 678 g/mol. The van der Waals surface area contributed by atoms with E-state index in [4.69, 9.17) is 30.5 Å². The van der Waals surface area contributed by atoms with E-state index in [-0.39, 0.29) is 23.8 Å². The second-order valence-corrected chi connectivity index (χ2v) is 13.2. The van der Waals surface area contributed by atoms with E-state index in [1.807, 2.05) is 6.92 Å². The van der Waals surface area contributed by atoms with Crippen LogP contribution in [0.1, 0.15) is 53.0 Å². The van der Waals surface area contributed by atoms with Crippen LogP contribution >= 0.6 is 11.6 Å². The molecule has 4 bridgehead atoms. The Balaban J connectivity index is 1.78. The number of aliphatic hydroxyl groups is 2. The smallest absolute Gasteiger partial charge is 0.409 e. The lowest BCUT2D eigenvalue weighted by molar-refractivity contribution is -0.161. The predicted molar refractivity (Wildman–Crippen MR) is 172 cm³/mol. The van der Waals surface area contributed by atoms with Gasteiger partial charge in [-0.1, -0.05) is 42.3 Å².